The molecule has 0 bridgehead atoms. The van der Waals surface area contributed by atoms with Crippen LogP contribution in [-0.2, 0) is 4.79 Å². The Morgan fingerprint density at radius 2 is 1.75 bits per heavy atom. The summed E-state index contributed by atoms with van der Waals surface area (Å²) in [6.07, 6.45) is 1.26. The van der Waals surface area contributed by atoms with Crippen molar-refractivity contribution in [2.75, 3.05) is 6.79 Å². The number of fused-ring (bicyclic) bond motifs is 1. The van der Waals surface area contributed by atoms with Crippen molar-refractivity contribution in [3.8, 4) is 22.8 Å². The zero-order chi connectivity index (χ0) is 19.5. The lowest BCUT2D eigenvalue weighted by Gasteiger charge is -2.05. The Bertz CT molecular complexity index is 1070. The number of hydrogen-bond acceptors (Lipinski definition) is 5. The van der Waals surface area contributed by atoms with Crippen LogP contribution in [0.1, 0.15) is 16.1 Å². The number of carbonyl (C=O) groups is 2. The molecular weight excluding hydrogens is 362 g/mol. The molecule has 2 heterocycles. The minimum Gasteiger partial charge on any atom is -0.477 e. The third-order valence-electron chi connectivity index (χ3n) is 4.09. The molecule has 2 N–H and O–H groups in total. The fourth-order valence-corrected chi connectivity index (χ4v) is 2.71. The molecule has 0 radical (unpaired) electrons. The van der Waals surface area contributed by atoms with Crippen molar-refractivity contribution < 1.29 is 28.6 Å². The summed E-state index contributed by atoms with van der Waals surface area (Å²) in [5.74, 6) is 0.309. The number of nitrogens with one attached hydrogen (secondary N) is 1. The van der Waals surface area contributed by atoms with Crippen molar-refractivity contribution in [1.82, 2.24) is 5.32 Å². The molecule has 140 valence electrons. The van der Waals surface area contributed by atoms with Crippen molar-refractivity contribution in [3.63, 3.8) is 0 Å². The van der Waals surface area contributed by atoms with E-state index >= 15 is 0 Å². The fraction of sp³-hybridized carbons (Fsp3) is 0.0476. The largest absolute Gasteiger partial charge is 0.477 e. The lowest BCUT2D eigenvalue weighted by Crippen LogP contribution is -2.27. The summed E-state index contributed by atoms with van der Waals surface area (Å²) in [7, 11) is 0. The smallest absolute Gasteiger partial charge is 0.352 e. The number of benzene rings is 2. The molecule has 7 nitrogen and oxygen atoms in total. The molecule has 0 saturated carbocycles. The number of rotatable bonds is 5. The molecule has 1 aliphatic rings. The van der Waals surface area contributed by atoms with Crippen molar-refractivity contribution >= 4 is 18.0 Å². The van der Waals surface area contributed by atoms with Crippen molar-refractivity contribution in [2.24, 2.45) is 0 Å². The number of hydrogen-bond donors (Lipinski definition) is 2. The molecule has 0 aliphatic carbocycles. The van der Waals surface area contributed by atoms with Crippen LogP contribution in [0.3, 0.4) is 0 Å². The zero-order valence-electron chi connectivity index (χ0n) is 14.5. The van der Waals surface area contributed by atoms with Gasteiger partial charge in [-0.05, 0) is 42.5 Å². The lowest BCUT2D eigenvalue weighted by molar-refractivity contribution is -0.132. The molecule has 0 saturated heterocycles. The highest BCUT2D eigenvalue weighted by Gasteiger charge is 2.17. The highest BCUT2D eigenvalue weighted by atomic mass is 16.7. The van der Waals surface area contributed by atoms with Crippen LogP contribution in [0.25, 0.3) is 17.4 Å². The van der Waals surface area contributed by atoms with Gasteiger partial charge in [-0.15, -0.1) is 0 Å². The molecule has 0 spiro atoms. The van der Waals surface area contributed by atoms with Crippen LogP contribution in [0.2, 0.25) is 0 Å². The molecule has 4 rings (SSSR count). The van der Waals surface area contributed by atoms with Gasteiger partial charge in [-0.25, -0.2) is 4.79 Å². The zero-order valence-corrected chi connectivity index (χ0v) is 14.5. The number of amides is 1. The predicted octanol–water partition coefficient (Wildman–Crippen LogP) is 3.53. The van der Waals surface area contributed by atoms with E-state index in [2.05, 4.69) is 5.32 Å². The molecule has 0 fully saturated rings. The molecule has 1 aliphatic heterocycles. The predicted molar refractivity (Wildman–Crippen MR) is 99.8 cm³/mol. The van der Waals surface area contributed by atoms with E-state index in [0.717, 1.165) is 5.56 Å². The normalized spacial score (nSPS) is 12.6. The van der Waals surface area contributed by atoms with Gasteiger partial charge in [-0.3, -0.25) is 4.79 Å². The number of aliphatic carboxylic acids is 1. The summed E-state index contributed by atoms with van der Waals surface area (Å²) in [5.41, 5.74) is 0.824. The van der Waals surface area contributed by atoms with Crippen LogP contribution >= 0.6 is 0 Å². The van der Waals surface area contributed by atoms with Gasteiger partial charge in [0, 0.05) is 17.2 Å². The minimum absolute atomic E-state index is 0.175. The Hall–Kier alpha value is -4.00. The van der Waals surface area contributed by atoms with Crippen LogP contribution in [0, 0.1) is 0 Å². The SMILES string of the molecule is O=C(O)C(=Cc1ccc(-c2ccc3c(c2)OCO3)o1)NC(=O)c1ccccc1. The van der Waals surface area contributed by atoms with Gasteiger partial charge in [0.05, 0.1) is 0 Å². The summed E-state index contributed by atoms with van der Waals surface area (Å²) in [5, 5.41) is 11.8. The topological polar surface area (TPSA) is 98.0 Å². The molecule has 0 atom stereocenters. The van der Waals surface area contributed by atoms with E-state index in [1.54, 1.807) is 54.6 Å². The number of ether oxygens (including phenoxy) is 2. The first-order chi connectivity index (χ1) is 13.6. The van der Waals surface area contributed by atoms with Gasteiger partial charge in [0.15, 0.2) is 11.5 Å². The lowest BCUT2D eigenvalue weighted by atomic mass is 10.1. The molecule has 7 heteroatoms. The highest BCUT2D eigenvalue weighted by Crippen LogP contribution is 2.36. The maximum atomic E-state index is 12.2. The first-order valence-corrected chi connectivity index (χ1v) is 8.41. The number of furan rings is 1. The summed E-state index contributed by atoms with van der Waals surface area (Å²) in [6.45, 7) is 0.175. The Morgan fingerprint density at radius 3 is 2.54 bits per heavy atom. The molecule has 2 aromatic carbocycles. The van der Waals surface area contributed by atoms with E-state index in [0.29, 0.717) is 28.6 Å². The molecule has 1 aromatic heterocycles. The van der Waals surface area contributed by atoms with Gasteiger partial charge in [0.25, 0.3) is 5.91 Å². The molecule has 0 unspecified atom stereocenters. The van der Waals surface area contributed by atoms with Gasteiger partial charge in [0.2, 0.25) is 6.79 Å². The third-order valence-corrected chi connectivity index (χ3v) is 4.09. The Kier molecular flexibility index (Phi) is 4.55. The van der Waals surface area contributed by atoms with E-state index in [4.69, 9.17) is 13.9 Å². The second-order valence-electron chi connectivity index (χ2n) is 5.95. The average molecular weight is 377 g/mol. The summed E-state index contributed by atoms with van der Waals surface area (Å²) < 4.78 is 16.3. The van der Waals surface area contributed by atoms with Crippen LogP contribution in [0.4, 0.5) is 0 Å². The van der Waals surface area contributed by atoms with Crippen LogP contribution in [0.5, 0.6) is 11.5 Å². The van der Waals surface area contributed by atoms with E-state index < -0.39 is 11.9 Å². The first kappa shape index (κ1) is 17.4. The van der Waals surface area contributed by atoms with Crippen LogP contribution in [-0.4, -0.2) is 23.8 Å². The standard InChI is InChI=1S/C21H15NO6/c23-20(13-4-2-1-3-5-13)22-16(21(24)25)11-15-7-9-17(28-15)14-6-8-18-19(10-14)27-12-26-18/h1-11H,12H2,(H,22,23)(H,24,25). The Labute approximate surface area is 159 Å². The summed E-state index contributed by atoms with van der Waals surface area (Å²) >= 11 is 0. The number of carboxylic acid groups (broad SMARTS) is 1. The molecule has 28 heavy (non-hydrogen) atoms. The average Bonchev–Trinajstić information content (AvgIpc) is 3.36. The second kappa shape index (κ2) is 7.32. The quantitative estimate of drug-likeness (QED) is 0.660. The van der Waals surface area contributed by atoms with Crippen molar-refractivity contribution in [3.05, 3.63) is 77.7 Å². The first-order valence-electron chi connectivity index (χ1n) is 8.41. The van der Waals surface area contributed by atoms with Gasteiger partial charge >= 0.3 is 5.97 Å². The van der Waals surface area contributed by atoms with Gasteiger partial charge in [0.1, 0.15) is 17.2 Å². The fourth-order valence-electron chi connectivity index (χ4n) is 2.71. The molecule has 3 aromatic rings. The maximum Gasteiger partial charge on any atom is 0.352 e. The number of carbonyl (C=O) groups excluding carboxylic acids is 1. The highest BCUT2D eigenvalue weighted by molar-refractivity contribution is 6.02. The van der Waals surface area contributed by atoms with Crippen LogP contribution in [0.15, 0.2) is 70.8 Å². The van der Waals surface area contributed by atoms with E-state index in [-0.39, 0.29) is 12.5 Å². The Balaban J connectivity index is 1.56. The molecular formula is C21H15NO6. The van der Waals surface area contributed by atoms with Gasteiger partial charge in [-0.1, -0.05) is 18.2 Å². The van der Waals surface area contributed by atoms with Crippen LogP contribution < -0.4 is 14.8 Å². The Morgan fingerprint density at radius 1 is 0.964 bits per heavy atom. The second-order valence-corrected chi connectivity index (χ2v) is 5.95. The van der Waals surface area contributed by atoms with E-state index in [9.17, 15) is 14.7 Å². The van der Waals surface area contributed by atoms with E-state index in [1.165, 1.54) is 6.08 Å². The third kappa shape index (κ3) is 3.59. The monoisotopic (exact) mass is 377 g/mol. The maximum absolute atomic E-state index is 12.2. The van der Waals surface area contributed by atoms with Gasteiger partial charge < -0.3 is 24.3 Å². The van der Waals surface area contributed by atoms with Gasteiger partial charge in [-0.2, -0.15) is 0 Å². The van der Waals surface area contributed by atoms with Crippen molar-refractivity contribution in [1.29, 1.82) is 0 Å². The molecule has 1 amide bonds. The summed E-state index contributed by atoms with van der Waals surface area (Å²) in [4.78, 5) is 23.7. The van der Waals surface area contributed by atoms with E-state index in [1.807, 2.05) is 6.07 Å². The minimum atomic E-state index is -1.27. The van der Waals surface area contributed by atoms with Crippen molar-refractivity contribution in [2.45, 2.75) is 0 Å². The number of carboxylic acids is 1. The summed E-state index contributed by atoms with van der Waals surface area (Å²) in [6, 6.07) is 17.1.